The van der Waals surface area contributed by atoms with Crippen molar-refractivity contribution < 1.29 is 9.84 Å². The molecule has 0 atom stereocenters. The van der Waals surface area contributed by atoms with E-state index in [0.717, 1.165) is 19.4 Å². The standard InChI is InChI=1S/C27H32O2/c28-18-7-5-3-1-2-4-6-8-19-29-20-24-15-14-23-13-12-21-10-9-11-22-16-17-25(24)27(23)26(21)22/h9-17,28H,1-8,18-20H2. The van der Waals surface area contributed by atoms with E-state index >= 15 is 0 Å². The van der Waals surface area contributed by atoms with Crippen LogP contribution in [0, 0.1) is 0 Å². The lowest BCUT2D eigenvalue weighted by Gasteiger charge is -2.14. The zero-order chi connectivity index (χ0) is 19.9. The molecule has 4 rings (SSSR count). The van der Waals surface area contributed by atoms with Crippen molar-refractivity contribution in [2.45, 2.75) is 58.0 Å². The molecule has 2 nitrogen and oxygen atoms in total. The molecule has 0 aliphatic carbocycles. The van der Waals surface area contributed by atoms with E-state index in [1.807, 2.05) is 0 Å². The minimum absolute atomic E-state index is 0.337. The van der Waals surface area contributed by atoms with E-state index in [4.69, 9.17) is 9.84 Å². The number of benzene rings is 4. The van der Waals surface area contributed by atoms with Crippen LogP contribution < -0.4 is 0 Å². The molecule has 0 radical (unpaired) electrons. The van der Waals surface area contributed by atoms with Crippen LogP contribution in [0.3, 0.4) is 0 Å². The first-order chi connectivity index (χ1) is 14.4. The molecule has 2 heteroatoms. The van der Waals surface area contributed by atoms with Gasteiger partial charge in [0.1, 0.15) is 0 Å². The number of ether oxygens (including phenoxy) is 1. The number of aliphatic hydroxyl groups is 1. The minimum Gasteiger partial charge on any atom is -0.396 e. The summed E-state index contributed by atoms with van der Waals surface area (Å²) in [4.78, 5) is 0. The van der Waals surface area contributed by atoms with Crippen LogP contribution >= 0.6 is 0 Å². The molecule has 4 aromatic carbocycles. The van der Waals surface area contributed by atoms with Crippen molar-refractivity contribution in [2.75, 3.05) is 13.2 Å². The van der Waals surface area contributed by atoms with Gasteiger partial charge in [0.15, 0.2) is 0 Å². The lowest BCUT2D eigenvalue weighted by molar-refractivity contribution is 0.117. The summed E-state index contributed by atoms with van der Waals surface area (Å²) in [6.07, 6.45) is 9.66. The van der Waals surface area contributed by atoms with Crippen molar-refractivity contribution in [3.63, 3.8) is 0 Å². The highest BCUT2D eigenvalue weighted by Gasteiger charge is 2.10. The van der Waals surface area contributed by atoms with Crippen molar-refractivity contribution >= 4 is 32.3 Å². The van der Waals surface area contributed by atoms with Crippen molar-refractivity contribution in [3.05, 3.63) is 60.2 Å². The van der Waals surface area contributed by atoms with Gasteiger partial charge in [0, 0.05) is 13.2 Å². The van der Waals surface area contributed by atoms with Crippen molar-refractivity contribution in [1.29, 1.82) is 0 Å². The fourth-order valence-corrected chi connectivity index (χ4v) is 4.48. The molecule has 1 N–H and O–H groups in total. The van der Waals surface area contributed by atoms with Gasteiger partial charge in [-0.15, -0.1) is 0 Å². The van der Waals surface area contributed by atoms with E-state index in [1.54, 1.807) is 0 Å². The molecular formula is C27H32O2. The van der Waals surface area contributed by atoms with Gasteiger partial charge in [-0.1, -0.05) is 93.1 Å². The molecular weight excluding hydrogens is 356 g/mol. The molecule has 0 saturated carbocycles. The van der Waals surface area contributed by atoms with Crippen LogP contribution in [0.25, 0.3) is 32.3 Å². The SMILES string of the molecule is OCCCCCCCCCCOCc1ccc2ccc3cccc4ccc1c2c34. The maximum absolute atomic E-state index is 8.79. The second kappa shape index (κ2) is 10.0. The Hall–Kier alpha value is -2.16. The van der Waals surface area contributed by atoms with E-state index in [-0.39, 0.29) is 0 Å². The maximum atomic E-state index is 8.79. The van der Waals surface area contributed by atoms with E-state index in [1.165, 1.54) is 76.4 Å². The van der Waals surface area contributed by atoms with Crippen LogP contribution in [-0.4, -0.2) is 18.3 Å². The molecule has 29 heavy (non-hydrogen) atoms. The Bertz CT molecular complexity index is 1020. The molecule has 0 aromatic heterocycles. The molecule has 0 aliphatic rings. The van der Waals surface area contributed by atoms with Crippen LogP contribution in [0.2, 0.25) is 0 Å². The molecule has 0 spiro atoms. The number of unbranched alkanes of at least 4 members (excludes halogenated alkanes) is 7. The molecule has 0 fully saturated rings. The van der Waals surface area contributed by atoms with Crippen LogP contribution in [0.5, 0.6) is 0 Å². The molecule has 0 bridgehead atoms. The lowest BCUT2D eigenvalue weighted by Crippen LogP contribution is -1.97. The zero-order valence-corrected chi connectivity index (χ0v) is 17.3. The van der Waals surface area contributed by atoms with Gasteiger partial charge in [-0.3, -0.25) is 0 Å². The molecule has 0 aliphatic heterocycles. The molecule has 0 amide bonds. The van der Waals surface area contributed by atoms with Gasteiger partial charge in [-0.05, 0) is 50.7 Å². The third-order valence-electron chi connectivity index (χ3n) is 6.07. The lowest BCUT2D eigenvalue weighted by atomic mass is 9.92. The fraction of sp³-hybridized carbons (Fsp3) is 0.407. The van der Waals surface area contributed by atoms with E-state index in [9.17, 15) is 0 Å². The molecule has 0 unspecified atom stereocenters. The quantitative estimate of drug-likeness (QED) is 0.205. The molecule has 152 valence electrons. The van der Waals surface area contributed by atoms with Crippen LogP contribution in [-0.2, 0) is 11.3 Å². The largest absolute Gasteiger partial charge is 0.396 e. The van der Waals surface area contributed by atoms with Gasteiger partial charge in [0.25, 0.3) is 0 Å². The predicted octanol–water partition coefficient (Wildman–Crippen LogP) is 7.21. The Morgan fingerprint density at radius 3 is 1.90 bits per heavy atom. The van der Waals surface area contributed by atoms with Gasteiger partial charge >= 0.3 is 0 Å². The summed E-state index contributed by atoms with van der Waals surface area (Å²) in [6.45, 7) is 1.87. The van der Waals surface area contributed by atoms with Crippen LogP contribution in [0.4, 0.5) is 0 Å². The Morgan fingerprint density at radius 1 is 0.586 bits per heavy atom. The Morgan fingerprint density at radius 2 is 1.17 bits per heavy atom. The summed E-state index contributed by atoms with van der Waals surface area (Å²) < 4.78 is 6.04. The number of rotatable bonds is 12. The van der Waals surface area contributed by atoms with Gasteiger partial charge in [-0.25, -0.2) is 0 Å². The van der Waals surface area contributed by atoms with E-state index < -0.39 is 0 Å². The van der Waals surface area contributed by atoms with Gasteiger partial charge in [-0.2, -0.15) is 0 Å². The zero-order valence-electron chi connectivity index (χ0n) is 17.3. The average molecular weight is 389 g/mol. The summed E-state index contributed by atoms with van der Waals surface area (Å²) >= 11 is 0. The van der Waals surface area contributed by atoms with Gasteiger partial charge < -0.3 is 9.84 Å². The third-order valence-corrected chi connectivity index (χ3v) is 6.07. The second-order valence-corrected chi connectivity index (χ2v) is 8.19. The summed E-state index contributed by atoms with van der Waals surface area (Å²) in [5, 5.41) is 16.8. The highest BCUT2D eigenvalue weighted by atomic mass is 16.5. The second-order valence-electron chi connectivity index (χ2n) is 8.19. The molecule has 0 heterocycles. The first-order valence-corrected chi connectivity index (χ1v) is 11.2. The summed E-state index contributed by atoms with van der Waals surface area (Å²) in [6, 6.07) is 20.0. The monoisotopic (exact) mass is 388 g/mol. The summed E-state index contributed by atoms with van der Waals surface area (Å²) in [7, 11) is 0. The van der Waals surface area contributed by atoms with E-state index in [0.29, 0.717) is 13.2 Å². The Labute approximate surface area is 173 Å². The molecule has 4 aromatic rings. The van der Waals surface area contributed by atoms with Crippen LogP contribution in [0.15, 0.2) is 54.6 Å². The summed E-state index contributed by atoms with van der Waals surface area (Å²) in [5.74, 6) is 0. The average Bonchev–Trinajstić information content (AvgIpc) is 2.76. The van der Waals surface area contributed by atoms with Gasteiger partial charge in [0.05, 0.1) is 6.61 Å². The first-order valence-electron chi connectivity index (χ1n) is 11.2. The Kier molecular flexibility index (Phi) is 6.97. The van der Waals surface area contributed by atoms with E-state index in [2.05, 4.69) is 54.6 Å². The van der Waals surface area contributed by atoms with Crippen molar-refractivity contribution in [1.82, 2.24) is 0 Å². The summed E-state index contributed by atoms with van der Waals surface area (Å²) in [5.41, 5.74) is 1.29. The molecule has 0 saturated heterocycles. The van der Waals surface area contributed by atoms with Gasteiger partial charge in [0.2, 0.25) is 0 Å². The van der Waals surface area contributed by atoms with Crippen molar-refractivity contribution in [3.8, 4) is 0 Å². The number of hydrogen-bond acceptors (Lipinski definition) is 2. The fourth-order valence-electron chi connectivity index (χ4n) is 4.48. The Balaban J connectivity index is 1.30. The third kappa shape index (κ3) is 4.71. The highest BCUT2D eigenvalue weighted by molar-refractivity contribution is 6.23. The smallest absolute Gasteiger partial charge is 0.0722 e. The normalized spacial score (nSPS) is 11.9. The first kappa shape index (κ1) is 20.1. The predicted molar refractivity (Wildman–Crippen MR) is 124 cm³/mol. The number of aliphatic hydroxyl groups excluding tert-OH is 1. The topological polar surface area (TPSA) is 29.5 Å². The minimum atomic E-state index is 0.337. The van der Waals surface area contributed by atoms with Crippen LogP contribution in [0.1, 0.15) is 56.9 Å². The number of hydrogen-bond donors (Lipinski definition) is 1. The maximum Gasteiger partial charge on any atom is 0.0722 e. The van der Waals surface area contributed by atoms with Crippen molar-refractivity contribution in [2.24, 2.45) is 0 Å². The highest BCUT2D eigenvalue weighted by Crippen LogP contribution is 2.36.